The monoisotopic (exact) mass is 477 g/mol. The lowest BCUT2D eigenvalue weighted by atomic mass is 9.63. The Labute approximate surface area is 202 Å². The van der Waals surface area contributed by atoms with Crippen molar-refractivity contribution in [1.82, 2.24) is 0 Å². The van der Waals surface area contributed by atoms with Gasteiger partial charge >= 0.3 is 5.97 Å². The molecule has 0 bridgehead atoms. The average molecular weight is 478 g/mol. The molecule has 0 radical (unpaired) electrons. The number of amides is 1. The SMILES string of the molecule is COC(=O)C1=C(N)N(c2cccc(Cl)c2C)C2=C(C(=O)CCC2)C12C(=O)N(C)c1ccccc12. The van der Waals surface area contributed by atoms with Crippen LogP contribution in [0.15, 0.2) is 65.1 Å². The average Bonchev–Trinajstić information content (AvgIpc) is 3.04. The van der Waals surface area contributed by atoms with Crippen molar-refractivity contribution < 1.29 is 19.1 Å². The number of methoxy groups -OCH3 is 1. The molecule has 34 heavy (non-hydrogen) atoms. The topological polar surface area (TPSA) is 92.9 Å². The lowest BCUT2D eigenvalue weighted by Gasteiger charge is -2.45. The number of hydrogen-bond acceptors (Lipinski definition) is 6. The summed E-state index contributed by atoms with van der Waals surface area (Å²) in [6, 6.07) is 12.6. The van der Waals surface area contributed by atoms with E-state index in [1.807, 2.05) is 19.1 Å². The highest BCUT2D eigenvalue weighted by Crippen LogP contribution is 2.57. The third-order valence-electron chi connectivity index (χ3n) is 7.07. The number of ketones is 1. The first-order valence-corrected chi connectivity index (χ1v) is 11.4. The molecule has 1 amide bonds. The number of fused-ring (bicyclic) bond motifs is 3. The van der Waals surface area contributed by atoms with Crippen LogP contribution in [0.1, 0.15) is 30.4 Å². The standard InChI is InChI=1S/C26H24ClN3O4/c1-14-16(27)9-6-11-17(14)30-19-12-7-13-20(31)21(19)26(22(23(30)28)24(32)34-3)15-8-4-5-10-18(15)29(2)25(26)33/h4-6,8-11H,7,12-13,28H2,1-3H3. The van der Waals surface area contributed by atoms with Gasteiger partial charge in [0.2, 0.25) is 5.91 Å². The first-order valence-electron chi connectivity index (χ1n) is 11.0. The first-order chi connectivity index (χ1) is 16.3. The van der Waals surface area contributed by atoms with Crippen molar-refractivity contribution in [3.05, 3.63) is 81.3 Å². The van der Waals surface area contributed by atoms with Gasteiger partial charge in [0, 0.05) is 41.0 Å². The number of nitrogens with zero attached hydrogens (tertiary/aromatic N) is 2. The van der Waals surface area contributed by atoms with Gasteiger partial charge in [0.05, 0.1) is 12.8 Å². The number of likely N-dealkylation sites (N-methyl/N-ethyl adjacent to an activating group) is 1. The van der Waals surface area contributed by atoms with Gasteiger partial charge in [-0.2, -0.15) is 0 Å². The van der Waals surface area contributed by atoms with Crippen molar-refractivity contribution in [1.29, 1.82) is 0 Å². The number of carbonyl (C=O) groups excluding carboxylic acids is 3. The highest BCUT2D eigenvalue weighted by atomic mass is 35.5. The number of halogens is 1. The van der Waals surface area contributed by atoms with E-state index in [0.717, 1.165) is 5.56 Å². The van der Waals surface area contributed by atoms with E-state index in [4.69, 9.17) is 22.1 Å². The van der Waals surface area contributed by atoms with Gasteiger partial charge in [-0.25, -0.2) is 4.79 Å². The molecule has 1 spiro atoms. The summed E-state index contributed by atoms with van der Waals surface area (Å²) < 4.78 is 5.16. The van der Waals surface area contributed by atoms with Crippen molar-refractivity contribution in [3.8, 4) is 0 Å². The van der Waals surface area contributed by atoms with Crippen LogP contribution in [0.3, 0.4) is 0 Å². The van der Waals surface area contributed by atoms with Crippen molar-refractivity contribution in [2.45, 2.75) is 31.6 Å². The number of ether oxygens (including phenoxy) is 1. The number of hydrogen-bond donors (Lipinski definition) is 1. The van der Waals surface area contributed by atoms with Gasteiger partial charge in [0.15, 0.2) is 5.78 Å². The third kappa shape index (κ3) is 2.67. The minimum absolute atomic E-state index is 0.0508. The maximum atomic E-state index is 14.1. The molecule has 8 heteroatoms. The highest BCUT2D eigenvalue weighted by Gasteiger charge is 2.63. The zero-order valence-corrected chi connectivity index (χ0v) is 19.9. The zero-order chi connectivity index (χ0) is 24.4. The van der Waals surface area contributed by atoms with Gasteiger partial charge in [-0.3, -0.25) is 14.5 Å². The molecule has 0 saturated carbocycles. The van der Waals surface area contributed by atoms with Crippen LogP contribution in [0.5, 0.6) is 0 Å². The summed E-state index contributed by atoms with van der Waals surface area (Å²) in [6.07, 6.45) is 1.40. The summed E-state index contributed by atoms with van der Waals surface area (Å²) in [6.45, 7) is 1.85. The summed E-state index contributed by atoms with van der Waals surface area (Å²) in [7, 11) is 2.88. The maximum Gasteiger partial charge on any atom is 0.339 e. The summed E-state index contributed by atoms with van der Waals surface area (Å²) in [5.74, 6) is -1.28. The Morgan fingerprint density at radius 2 is 1.79 bits per heavy atom. The highest BCUT2D eigenvalue weighted by molar-refractivity contribution is 6.31. The fourth-order valence-corrected chi connectivity index (χ4v) is 5.74. The molecule has 1 aliphatic carbocycles. The molecule has 0 aromatic heterocycles. The molecule has 2 aliphatic heterocycles. The quantitative estimate of drug-likeness (QED) is 0.662. The normalized spacial score (nSPS) is 21.9. The van der Waals surface area contributed by atoms with Crippen LogP contribution < -0.4 is 15.5 Å². The molecule has 2 N–H and O–H groups in total. The van der Waals surface area contributed by atoms with Crippen LogP contribution >= 0.6 is 11.6 Å². The summed E-state index contributed by atoms with van der Waals surface area (Å²) in [5.41, 5.74) is 8.52. The predicted molar refractivity (Wildman–Crippen MR) is 129 cm³/mol. The van der Waals surface area contributed by atoms with Crippen molar-refractivity contribution >= 4 is 40.6 Å². The van der Waals surface area contributed by atoms with E-state index in [1.54, 1.807) is 42.3 Å². The van der Waals surface area contributed by atoms with E-state index in [9.17, 15) is 14.4 Å². The Morgan fingerprint density at radius 3 is 2.53 bits per heavy atom. The number of rotatable bonds is 2. The van der Waals surface area contributed by atoms with E-state index in [0.29, 0.717) is 40.5 Å². The van der Waals surface area contributed by atoms with Gasteiger partial charge in [0.1, 0.15) is 16.8 Å². The lowest BCUT2D eigenvalue weighted by molar-refractivity contribution is -0.138. The lowest BCUT2D eigenvalue weighted by Crippen LogP contribution is -2.54. The largest absolute Gasteiger partial charge is 0.466 e. The van der Waals surface area contributed by atoms with E-state index in [-0.39, 0.29) is 29.2 Å². The molecular formula is C26H24ClN3O4. The first kappa shape index (κ1) is 22.2. The van der Waals surface area contributed by atoms with Crippen LogP contribution in [-0.2, 0) is 24.5 Å². The number of Topliss-reactive ketones (excluding diaryl/α,β-unsaturated/α-hetero) is 1. The number of esters is 1. The van der Waals surface area contributed by atoms with Gasteiger partial charge < -0.3 is 15.4 Å². The van der Waals surface area contributed by atoms with Gasteiger partial charge in [-0.05, 0) is 43.5 Å². The second-order valence-corrected chi connectivity index (χ2v) is 9.11. The number of para-hydroxylation sites is 1. The number of carbonyl (C=O) groups is 3. The molecule has 2 aromatic carbocycles. The minimum atomic E-state index is -1.67. The number of benzene rings is 2. The van der Waals surface area contributed by atoms with Crippen molar-refractivity contribution in [2.75, 3.05) is 24.0 Å². The molecular weight excluding hydrogens is 454 g/mol. The smallest absolute Gasteiger partial charge is 0.339 e. The molecule has 5 rings (SSSR count). The molecule has 7 nitrogen and oxygen atoms in total. The molecule has 2 aromatic rings. The van der Waals surface area contributed by atoms with Gasteiger partial charge in [0.25, 0.3) is 0 Å². The third-order valence-corrected chi connectivity index (χ3v) is 7.48. The molecule has 174 valence electrons. The van der Waals surface area contributed by atoms with E-state index in [2.05, 4.69) is 0 Å². The Kier molecular flexibility index (Phi) is 5.06. The van der Waals surface area contributed by atoms with Crippen molar-refractivity contribution in [2.24, 2.45) is 5.73 Å². The molecule has 0 saturated heterocycles. The summed E-state index contributed by atoms with van der Waals surface area (Å²) in [4.78, 5) is 44.3. The number of anilines is 2. The van der Waals surface area contributed by atoms with Crippen molar-refractivity contribution in [3.63, 3.8) is 0 Å². The molecule has 3 aliphatic rings. The zero-order valence-electron chi connectivity index (χ0n) is 19.1. The Balaban J connectivity index is 1.95. The van der Waals surface area contributed by atoms with E-state index < -0.39 is 17.3 Å². The fourth-order valence-electron chi connectivity index (χ4n) is 5.57. The molecule has 2 heterocycles. The summed E-state index contributed by atoms with van der Waals surface area (Å²) in [5, 5.41) is 0.525. The molecule has 0 fully saturated rings. The van der Waals surface area contributed by atoms with Crippen LogP contribution in [0, 0.1) is 6.92 Å². The number of allylic oxidation sites excluding steroid dienone is 1. The fraction of sp³-hybridized carbons (Fsp3) is 0.269. The predicted octanol–water partition coefficient (Wildman–Crippen LogP) is 3.73. The van der Waals surface area contributed by atoms with Crippen LogP contribution in [-0.4, -0.2) is 31.8 Å². The van der Waals surface area contributed by atoms with E-state index >= 15 is 0 Å². The van der Waals surface area contributed by atoms with Crippen LogP contribution in [0.2, 0.25) is 5.02 Å². The molecule has 1 atom stereocenters. The van der Waals surface area contributed by atoms with E-state index in [1.165, 1.54) is 12.0 Å². The number of nitrogens with two attached hydrogens (primary N) is 1. The maximum absolute atomic E-state index is 14.1. The Hall–Kier alpha value is -3.58. The van der Waals surface area contributed by atoms with Crippen LogP contribution in [0.25, 0.3) is 0 Å². The van der Waals surface area contributed by atoms with Gasteiger partial charge in [-0.15, -0.1) is 0 Å². The summed E-state index contributed by atoms with van der Waals surface area (Å²) >= 11 is 6.42. The minimum Gasteiger partial charge on any atom is -0.466 e. The molecule has 1 unspecified atom stereocenters. The second kappa shape index (κ2) is 7.74. The van der Waals surface area contributed by atoms with Crippen LogP contribution in [0.4, 0.5) is 11.4 Å². The Bertz CT molecular complexity index is 1350. The van der Waals surface area contributed by atoms with Gasteiger partial charge in [-0.1, -0.05) is 35.9 Å². The Morgan fingerprint density at radius 1 is 1.09 bits per heavy atom. The second-order valence-electron chi connectivity index (χ2n) is 8.70.